The summed E-state index contributed by atoms with van der Waals surface area (Å²) in [6.07, 6.45) is 7.41. The Labute approximate surface area is 95.9 Å². The number of allylic oxidation sites excluding steroid dienone is 2. The molecular weight excluding hydrogens is 182 g/mol. The van der Waals surface area contributed by atoms with Gasteiger partial charge in [-0.25, -0.2) is 0 Å². The Bertz CT molecular complexity index is 194. The van der Waals surface area contributed by atoms with Crippen molar-refractivity contribution in [3.05, 3.63) is 24.4 Å². The first-order chi connectivity index (χ1) is 7.07. The summed E-state index contributed by atoms with van der Waals surface area (Å²) in [5.41, 5.74) is 2.49. The molecule has 0 aromatic heterocycles. The van der Waals surface area contributed by atoms with Crippen LogP contribution in [0.5, 0.6) is 0 Å². The van der Waals surface area contributed by atoms with Gasteiger partial charge in [-0.2, -0.15) is 0 Å². The Morgan fingerprint density at radius 2 is 1.73 bits per heavy atom. The molecule has 0 amide bonds. The van der Waals surface area contributed by atoms with Gasteiger partial charge in [-0.05, 0) is 26.2 Å². The van der Waals surface area contributed by atoms with E-state index in [-0.39, 0.29) is 0 Å². The van der Waals surface area contributed by atoms with E-state index >= 15 is 0 Å². The van der Waals surface area contributed by atoms with Gasteiger partial charge < -0.3 is 4.90 Å². The van der Waals surface area contributed by atoms with Crippen LogP contribution in [0.3, 0.4) is 0 Å². The van der Waals surface area contributed by atoms with E-state index in [1.165, 1.54) is 37.0 Å². The molecule has 0 radical (unpaired) electrons. The highest BCUT2D eigenvalue weighted by Gasteiger charge is 2.01. The number of hydrogen-bond acceptors (Lipinski definition) is 1. The van der Waals surface area contributed by atoms with Crippen molar-refractivity contribution in [3.63, 3.8) is 0 Å². The van der Waals surface area contributed by atoms with Gasteiger partial charge in [0.1, 0.15) is 0 Å². The summed E-state index contributed by atoms with van der Waals surface area (Å²) >= 11 is 0. The van der Waals surface area contributed by atoms with Crippen molar-refractivity contribution in [2.45, 2.75) is 52.4 Å². The summed E-state index contributed by atoms with van der Waals surface area (Å²) in [5.74, 6) is 0. The maximum absolute atomic E-state index is 4.11. The van der Waals surface area contributed by atoms with Crippen molar-refractivity contribution in [3.8, 4) is 0 Å². The van der Waals surface area contributed by atoms with Crippen molar-refractivity contribution in [2.75, 3.05) is 13.6 Å². The topological polar surface area (TPSA) is 3.24 Å². The van der Waals surface area contributed by atoms with E-state index in [0.29, 0.717) is 0 Å². The third-order valence-electron chi connectivity index (χ3n) is 2.73. The Morgan fingerprint density at radius 1 is 1.07 bits per heavy atom. The van der Waals surface area contributed by atoms with Crippen molar-refractivity contribution < 1.29 is 0 Å². The van der Waals surface area contributed by atoms with Gasteiger partial charge in [0, 0.05) is 19.3 Å². The van der Waals surface area contributed by atoms with Gasteiger partial charge in [0.15, 0.2) is 0 Å². The first-order valence-electron chi connectivity index (χ1n) is 6.11. The lowest BCUT2D eigenvalue weighted by Gasteiger charge is -2.21. The van der Waals surface area contributed by atoms with E-state index in [1.807, 2.05) is 0 Å². The second-order valence-electron chi connectivity index (χ2n) is 4.51. The third kappa shape index (κ3) is 8.29. The molecule has 0 saturated heterocycles. The van der Waals surface area contributed by atoms with E-state index < -0.39 is 0 Å². The monoisotopic (exact) mass is 209 g/mol. The molecule has 0 atom stereocenters. The molecule has 1 heteroatoms. The highest BCUT2D eigenvalue weighted by molar-refractivity contribution is 4.98. The number of unbranched alkanes of at least 4 members (excludes halogenated alkanes) is 3. The smallest absolute Gasteiger partial charge is 0.0171 e. The zero-order valence-electron chi connectivity index (χ0n) is 10.8. The van der Waals surface area contributed by atoms with Crippen molar-refractivity contribution >= 4 is 0 Å². The second kappa shape index (κ2) is 8.58. The van der Waals surface area contributed by atoms with E-state index in [1.54, 1.807) is 0 Å². The second-order valence-corrected chi connectivity index (χ2v) is 4.51. The maximum atomic E-state index is 4.11. The molecule has 0 aliphatic carbocycles. The van der Waals surface area contributed by atoms with Crippen LogP contribution in [-0.2, 0) is 0 Å². The largest absolute Gasteiger partial charge is 0.378 e. The van der Waals surface area contributed by atoms with Crippen LogP contribution in [0.1, 0.15) is 52.4 Å². The summed E-state index contributed by atoms with van der Waals surface area (Å²) in [6.45, 7) is 13.5. The average molecular weight is 209 g/mol. The van der Waals surface area contributed by atoms with Crippen LogP contribution >= 0.6 is 0 Å². The molecule has 1 nitrogen and oxygen atoms in total. The van der Waals surface area contributed by atoms with Crippen LogP contribution in [0.25, 0.3) is 0 Å². The average Bonchev–Trinajstić information content (AvgIpc) is 2.20. The summed E-state index contributed by atoms with van der Waals surface area (Å²) < 4.78 is 0. The van der Waals surface area contributed by atoms with Crippen LogP contribution in [-0.4, -0.2) is 18.5 Å². The van der Waals surface area contributed by atoms with E-state index in [4.69, 9.17) is 0 Å². The number of hydrogen-bond donors (Lipinski definition) is 0. The predicted molar refractivity (Wildman–Crippen MR) is 70.0 cm³/mol. The molecule has 0 unspecified atom stereocenters. The van der Waals surface area contributed by atoms with Gasteiger partial charge in [0.2, 0.25) is 0 Å². The summed E-state index contributed by atoms with van der Waals surface area (Å²) in [7, 11) is 2.15. The Hall–Kier alpha value is -0.720. The van der Waals surface area contributed by atoms with Crippen molar-refractivity contribution in [2.24, 2.45) is 0 Å². The lowest BCUT2D eigenvalue weighted by molar-refractivity contribution is 0.386. The molecule has 0 aliphatic heterocycles. The molecule has 0 aromatic rings. The lowest BCUT2D eigenvalue weighted by Crippen LogP contribution is -2.18. The van der Waals surface area contributed by atoms with Gasteiger partial charge in [-0.15, -0.1) is 6.58 Å². The molecule has 0 spiro atoms. The third-order valence-corrected chi connectivity index (χ3v) is 2.73. The van der Waals surface area contributed by atoms with Gasteiger partial charge >= 0.3 is 0 Å². The fraction of sp³-hybridized carbons (Fsp3) is 0.714. The highest BCUT2D eigenvalue weighted by atomic mass is 15.1. The molecule has 15 heavy (non-hydrogen) atoms. The Balaban J connectivity index is 3.55. The molecular formula is C14H27N. The molecule has 0 rings (SSSR count). The van der Waals surface area contributed by atoms with Crippen LogP contribution in [0, 0.1) is 0 Å². The van der Waals surface area contributed by atoms with Crippen LogP contribution in [0.2, 0.25) is 0 Å². The maximum Gasteiger partial charge on any atom is 0.0171 e. The van der Waals surface area contributed by atoms with Crippen molar-refractivity contribution in [1.82, 2.24) is 4.90 Å². The molecule has 0 aromatic carbocycles. The van der Waals surface area contributed by atoms with Crippen molar-refractivity contribution in [1.29, 1.82) is 0 Å². The molecule has 0 aliphatic rings. The minimum Gasteiger partial charge on any atom is -0.378 e. The molecule has 88 valence electrons. The zero-order valence-corrected chi connectivity index (χ0v) is 10.8. The van der Waals surface area contributed by atoms with Crippen LogP contribution < -0.4 is 0 Å². The van der Waals surface area contributed by atoms with Gasteiger partial charge in [0.25, 0.3) is 0 Å². The van der Waals surface area contributed by atoms with Gasteiger partial charge in [-0.1, -0.05) is 38.3 Å². The Morgan fingerprint density at radius 3 is 2.27 bits per heavy atom. The fourth-order valence-corrected chi connectivity index (χ4v) is 1.48. The number of nitrogens with zero attached hydrogens (tertiary/aromatic N) is 1. The lowest BCUT2D eigenvalue weighted by atomic mass is 10.1. The molecule has 0 bridgehead atoms. The van der Waals surface area contributed by atoms with E-state index in [0.717, 1.165) is 19.4 Å². The van der Waals surface area contributed by atoms with Gasteiger partial charge in [0.05, 0.1) is 0 Å². The SMILES string of the molecule is C=C(C)CCC(=C)N(C)CCCCCC. The first-order valence-corrected chi connectivity index (χ1v) is 6.11. The summed E-state index contributed by atoms with van der Waals surface area (Å²) in [6, 6.07) is 0. The molecule has 0 fully saturated rings. The van der Waals surface area contributed by atoms with Crippen LogP contribution in [0.15, 0.2) is 24.4 Å². The fourth-order valence-electron chi connectivity index (χ4n) is 1.48. The normalized spacial score (nSPS) is 10.1. The summed E-state index contributed by atoms with van der Waals surface area (Å²) in [5, 5.41) is 0. The predicted octanol–water partition coefficient (Wildman–Crippen LogP) is 4.37. The zero-order chi connectivity index (χ0) is 11.7. The minimum absolute atomic E-state index is 1.06. The first kappa shape index (κ1) is 14.3. The number of rotatable bonds is 9. The highest BCUT2D eigenvalue weighted by Crippen LogP contribution is 2.12. The quantitative estimate of drug-likeness (QED) is 0.402. The molecule has 0 saturated carbocycles. The minimum atomic E-state index is 1.06. The van der Waals surface area contributed by atoms with Gasteiger partial charge in [-0.3, -0.25) is 0 Å². The standard InChI is InChI=1S/C14H27N/c1-6-7-8-9-12-15(5)14(4)11-10-13(2)3/h2,4,6-12H2,1,3,5H3. The Kier molecular flexibility index (Phi) is 8.17. The van der Waals surface area contributed by atoms with E-state index in [2.05, 4.69) is 39.0 Å². The van der Waals surface area contributed by atoms with Crippen LogP contribution in [0.4, 0.5) is 0 Å². The molecule has 0 N–H and O–H groups in total. The summed E-state index contributed by atoms with van der Waals surface area (Å²) in [4.78, 5) is 2.29. The van der Waals surface area contributed by atoms with E-state index in [9.17, 15) is 0 Å². The molecule has 0 heterocycles.